The normalized spacial score (nSPS) is 15.9. The van der Waals surface area contributed by atoms with Gasteiger partial charge in [0.15, 0.2) is 0 Å². The van der Waals surface area contributed by atoms with Crippen molar-refractivity contribution >= 4 is 12.1 Å². The van der Waals surface area contributed by atoms with Gasteiger partial charge in [0.1, 0.15) is 5.75 Å². The minimum atomic E-state index is -0.175. The molecule has 1 saturated carbocycles. The first kappa shape index (κ1) is 17.5. The molecule has 0 heterocycles. The summed E-state index contributed by atoms with van der Waals surface area (Å²) in [7, 11) is 0. The van der Waals surface area contributed by atoms with Crippen LogP contribution in [-0.2, 0) is 15.6 Å². The molecule has 2 N–H and O–H groups in total. The molecule has 2 rings (SSSR count). The van der Waals surface area contributed by atoms with Gasteiger partial charge in [-0.25, -0.2) is 5.43 Å². The van der Waals surface area contributed by atoms with E-state index >= 15 is 0 Å². The number of nitrogens with one attached hydrogen (secondary N) is 1. The van der Waals surface area contributed by atoms with Gasteiger partial charge in [0.05, 0.1) is 6.21 Å². The van der Waals surface area contributed by atoms with E-state index in [9.17, 15) is 9.90 Å². The Morgan fingerprint density at radius 1 is 1.13 bits per heavy atom. The number of nitrogens with zero attached hydrogens (tertiary/aromatic N) is 1. The number of rotatable bonds is 3. The molecular weight excluding hydrogens is 288 g/mol. The van der Waals surface area contributed by atoms with E-state index in [1.54, 1.807) is 6.21 Å². The molecule has 0 aromatic heterocycles. The second-order valence-corrected chi connectivity index (χ2v) is 8.47. The van der Waals surface area contributed by atoms with Crippen molar-refractivity contribution in [2.75, 3.05) is 0 Å². The van der Waals surface area contributed by atoms with Gasteiger partial charge in [-0.15, -0.1) is 0 Å². The number of hydrogen-bond donors (Lipinski definition) is 2. The SMILES string of the molecule is CC(C)(C)c1cc(/C=N/NC(=O)C2CC2)cc(C(C)(C)C)c1O. The lowest BCUT2D eigenvalue weighted by Crippen LogP contribution is -2.20. The number of amides is 1. The van der Waals surface area contributed by atoms with E-state index in [4.69, 9.17) is 0 Å². The standard InChI is InChI=1S/C19H28N2O2/c1-18(2,3)14-9-12(10-15(16(14)22)19(4,5)6)11-20-21-17(23)13-7-8-13/h9-11,13,22H,7-8H2,1-6H3,(H,21,23)/b20-11+. The average Bonchev–Trinajstić information content (AvgIpc) is 3.21. The number of benzene rings is 1. The van der Waals surface area contributed by atoms with Crippen LogP contribution in [0.15, 0.2) is 17.2 Å². The predicted octanol–water partition coefficient (Wildman–Crippen LogP) is 3.85. The Morgan fingerprint density at radius 3 is 2.00 bits per heavy atom. The van der Waals surface area contributed by atoms with Gasteiger partial charge in [-0.05, 0) is 41.4 Å². The molecule has 0 spiro atoms. The molecule has 23 heavy (non-hydrogen) atoms. The molecule has 0 unspecified atom stereocenters. The van der Waals surface area contributed by atoms with Crippen LogP contribution in [-0.4, -0.2) is 17.2 Å². The second-order valence-electron chi connectivity index (χ2n) is 8.47. The second kappa shape index (κ2) is 5.99. The maximum atomic E-state index is 11.6. The van der Waals surface area contributed by atoms with E-state index in [1.807, 2.05) is 12.1 Å². The molecule has 0 radical (unpaired) electrons. The zero-order chi connectivity index (χ0) is 17.4. The summed E-state index contributed by atoms with van der Waals surface area (Å²) in [6.45, 7) is 12.4. The summed E-state index contributed by atoms with van der Waals surface area (Å²) in [5.41, 5.74) is 4.90. The first-order valence-electron chi connectivity index (χ1n) is 8.21. The fraction of sp³-hybridized carbons (Fsp3) is 0.579. The molecule has 1 aliphatic carbocycles. The summed E-state index contributed by atoms with van der Waals surface area (Å²) < 4.78 is 0. The molecule has 1 fully saturated rings. The van der Waals surface area contributed by atoms with Gasteiger partial charge >= 0.3 is 0 Å². The van der Waals surface area contributed by atoms with Crippen molar-refractivity contribution in [3.63, 3.8) is 0 Å². The summed E-state index contributed by atoms with van der Waals surface area (Å²) in [5, 5.41) is 14.7. The molecule has 1 aromatic carbocycles. The lowest BCUT2D eigenvalue weighted by atomic mass is 9.78. The van der Waals surface area contributed by atoms with Crippen LogP contribution in [0.2, 0.25) is 0 Å². The van der Waals surface area contributed by atoms with Gasteiger partial charge < -0.3 is 5.11 Å². The van der Waals surface area contributed by atoms with Crippen LogP contribution in [0.1, 0.15) is 71.1 Å². The van der Waals surface area contributed by atoms with Crippen molar-refractivity contribution in [2.24, 2.45) is 11.0 Å². The van der Waals surface area contributed by atoms with Gasteiger partial charge in [0.2, 0.25) is 5.91 Å². The Balaban J connectivity index is 2.35. The highest BCUT2D eigenvalue weighted by Gasteiger charge is 2.29. The highest BCUT2D eigenvalue weighted by atomic mass is 16.3. The Morgan fingerprint density at radius 2 is 1.61 bits per heavy atom. The van der Waals surface area contributed by atoms with E-state index < -0.39 is 0 Å². The molecule has 0 saturated heterocycles. The van der Waals surface area contributed by atoms with Crippen LogP contribution >= 0.6 is 0 Å². The monoisotopic (exact) mass is 316 g/mol. The minimum absolute atomic E-state index is 0.00730. The lowest BCUT2D eigenvalue weighted by molar-refractivity contribution is -0.122. The maximum absolute atomic E-state index is 11.6. The van der Waals surface area contributed by atoms with Crippen molar-refractivity contribution in [3.05, 3.63) is 28.8 Å². The van der Waals surface area contributed by atoms with Crippen molar-refractivity contribution in [1.29, 1.82) is 0 Å². The highest BCUT2D eigenvalue weighted by molar-refractivity contribution is 5.85. The Kier molecular flexibility index (Phi) is 4.56. The number of aromatic hydroxyl groups is 1. The Bertz CT molecular complexity index is 595. The molecule has 1 amide bonds. The smallest absolute Gasteiger partial charge is 0.243 e. The number of carbonyl (C=O) groups excluding carboxylic acids is 1. The topological polar surface area (TPSA) is 61.7 Å². The molecule has 4 heteroatoms. The van der Waals surface area contributed by atoms with E-state index in [0.717, 1.165) is 29.5 Å². The van der Waals surface area contributed by atoms with Crippen LogP contribution in [0.3, 0.4) is 0 Å². The Hall–Kier alpha value is -1.84. The fourth-order valence-electron chi connectivity index (χ4n) is 2.48. The zero-order valence-corrected chi connectivity index (χ0v) is 15.0. The molecular formula is C19H28N2O2. The number of hydrazone groups is 1. The predicted molar refractivity (Wildman–Crippen MR) is 94.0 cm³/mol. The highest BCUT2D eigenvalue weighted by Crippen LogP contribution is 2.39. The number of hydrogen-bond acceptors (Lipinski definition) is 3. The minimum Gasteiger partial charge on any atom is -0.507 e. The third kappa shape index (κ3) is 4.34. The number of phenols is 1. The largest absolute Gasteiger partial charge is 0.507 e. The van der Waals surface area contributed by atoms with Gasteiger partial charge in [-0.1, -0.05) is 41.5 Å². The lowest BCUT2D eigenvalue weighted by Gasteiger charge is -2.27. The van der Waals surface area contributed by atoms with E-state index in [-0.39, 0.29) is 22.7 Å². The van der Waals surface area contributed by atoms with Gasteiger partial charge in [-0.2, -0.15) is 5.10 Å². The third-order valence-corrected chi connectivity index (χ3v) is 4.08. The third-order valence-electron chi connectivity index (χ3n) is 4.08. The molecule has 1 aliphatic rings. The molecule has 0 aliphatic heterocycles. The molecule has 0 atom stereocenters. The number of phenolic OH excluding ortho intramolecular Hbond substituents is 1. The average molecular weight is 316 g/mol. The summed E-state index contributed by atoms with van der Waals surface area (Å²) in [6, 6.07) is 3.88. The Labute approximate surface area is 139 Å². The van der Waals surface area contributed by atoms with Gasteiger partial charge in [0.25, 0.3) is 0 Å². The molecule has 1 aromatic rings. The summed E-state index contributed by atoms with van der Waals surface area (Å²) in [5.74, 6) is 0.485. The van der Waals surface area contributed by atoms with Crippen molar-refractivity contribution in [3.8, 4) is 5.75 Å². The fourth-order valence-corrected chi connectivity index (χ4v) is 2.48. The van der Waals surface area contributed by atoms with Crippen molar-refractivity contribution in [2.45, 2.75) is 65.2 Å². The zero-order valence-electron chi connectivity index (χ0n) is 15.0. The van der Waals surface area contributed by atoms with Crippen LogP contribution in [0.4, 0.5) is 0 Å². The van der Waals surface area contributed by atoms with Crippen LogP contribution < -0.4 is 5.43 Å². The van der Waals surface area contributed by atoms with E-state index in [0.29, 0.717) is 5.75 Å². The van der Waals surface area contributed by atoms with E-state index in [1.165, 1.54) is 0 Å². The molecule has 0 bridgehead atoms. The summed E-state index contributed by atoms with van der Waals surface area (Å²) >= 11 is 0. The first-order valence-corrected chi connectivity index (χ1v) is 8.21. The van der Waals surface area contributed by atoms with E-state index in [2.05, 4.69) is 52.1 Å². The first-order chi connectivity index (χ1) is 10.5. The van der Waals surface area contributed by atoms with Gasteiger partial charge in [0, 0.05) is 17.0 Å². The van der Waals surface area contributed by atoms with Crippen LogP contribution in [0, 0.1) is 5.92 Å². The van der Waals surface area contributed by atoms with Gasteiger partial charge in [-0.3, -0.25) is 4.79 Å². The quantitative estimate of drug-likeness (QED) is 0.657. The van der Waals surface area contributed by atoms with Crippen molar-refractivity contribution < 1.29 is 9.90 Å². The maximum Gasteiger partial charge on any atom is 0.243 e. The van der Waals surface area contributed by atoms with Crippen LogP contribution in [0.5, 0.6) is 5.75 Å². The molecule has 126 valence electrons. The summed E-state index contributed by atoms with van der Waals surface area (Å²) in [6.07, 6.45) is 3.58. The molecule has 4 nitrogen and oxygen atoms in total. The van der Waals surface area contributed by atoms with Crippen molar-refractivity contribution in [1.82, 2.24) is 5.43 Å². The summed E-state index contributed by atoms with van der Waals surface area (Å²) in [4.78, 5) is 11.6. The number of carbonyl (C=O) groups is 1. The van der Waals surface area contributed by atoms with Crippen LogP contribution in [0.25, 0.3) is 0 Å².